The van der Waals surface area contributed by atoms with Crippen molar-refractivity contribution in [2.75, 3.05) is 13.7 Å². The Kier molecular flexibility index (Phi) is 5.19. The van der Waals surface area contributed by atoms with Gasteiger partial charge in [-0.2, -0.15) is 0 Å². The zero-order chi connectivity index (χ0) is 13.7. The maximum Gasteiger partial charge on any atom is 0.314 e. The number of aromatic nitrogens is 1. The molecule has 0 aliphatic carbocycles. The van der Waals surface area contributed by atoms with Crippen LogP contribution in [0.3, 0.4) is 0 Å². The number of methoxy groups -OCH3 is 1. The molecule has 1 atom stereocenters. The van der Waals surface area contributed by atoms with Crippen LogP contribution in [0.25, 0.3) is 0 Å². The molecule has 1 rings (SSSR count). The van der Waals surface area contributed by atoms with E-state index in [9.17, 15) is 4.79 Å². The molecule has 1 aromatic heterocycles. The predicted molar refractivity (Wildman–Crippen MR) is 68.7 cm³/mol. The van der Waals surface area contributed by atoms with Crippen LogP contribution in [0, 0.1) is 18.8 Å². The summed E-state index contributed by atoms with van der Waals surface area (Å²) in [5, 5.41) is 6.62. The molecule has 0 radical (unpaired) electrons. The maximum absolute atomic E-state index is 11.9. The van der Waals surface area contributed by atoms with Gasteiger partial charge in [-0.15, -0.1) is 0 Å². The molecule has 1 amide bonds. The van der Waals surface area contributed by atoms with E-state index in [-0.39, 0.29) is 11.9 Å². The number of ether oxygens (including phenoxy) is 1. The zero-order valence-electron chi connectivity index (χ0n) is 11.7. The van der Waals surface area contributed by atoms with Crippen LogP contribution < -0.4 is 10.1 Å². The quantitative estimate of drug-likeness (QED) is 0.846. The monoisotopic (exact) mass is 254 g/mol. The summed E-state index contributed by atoms with van der Waals surface area (Å²) in [5.41, 5.74) is 0.929. The van der Waals surface area contributed by atoms with Crippen LogP contribution in [0.5, 0.6) is 5.95 Å². The molecule has 0 fully saturated rings. The summed E-state index contributed by atoms with van der Waals surface area (Å²) < 4.78 is 9.86. The summed E-state index contributed by atoms with van der Waals surface area (Å²) >= 11 is 0. The van der Waals surface area contributed by atoms with E-state index >= 15 is 0 Å². The molecular weight excluding hydrogens is 232 g/mol. The number of hydrogen-bond donors (Lipinski definition) is 1. The minimum Gasteiger partial charge on any atom is -0.467 e. The van der Waals surface area contributed by atoms with Gasteiger partial charge >= 0.3 is 5.95 Å². The number of carbonyl (C=O) groups excluding carboxylic acids is 1. The average molecular weight is 254 g/mol. The first-order valence-electron chi connectivity index (χ1n) is 6.29. The van der Waals surface area contributed by atoms with Gasteiger partial charge in [-0.1, -0.05) is 32.3 Å². The van der Waals surface area contributed by atoms with Gasteiger partial charge in [-0.3, -0.25) is 4.79 Å². The van der Waals surface area contributed by atoms with Gasteiger partial charge in [0.15, 0.2) is 5.69 Å². The third-order valence-electron chi connectivity index (χ3n) is 3.27. The molecule has 0 spiro atoms. The van der Waals surface area contributed by atoms with E-state index in [4.69, 9.17) is 9.26 Å². The normalized spacial score (nSPS) is 12.6. The van der Waals surface area contributed by atoms with Crippen LogP contribution in [0.2, 0.25) is 0 Å². The molecule has 0 aromatic carbocycles. The molecule has 0 saturated heterocycles. The van der Waals surface area contributed by atoms with Gasteiger partial charge in [0.1, 0.15) is 0 Å². The highest BCUT2D eigenvalue weighted by atomic mass is 16.6. The van der Waals surface area contributed by atoms with Gasteiger partial charge in [0.05, 0.1) is 12.7 Å². The van der Waals surface area contributed by atoms with Crippen molar-refractivity contribution in [3.05, 3.63) is 11.3 Å². The Labute approximate surface area is 108 Å². The lowest BCUT2D eigenvalue weighted by Gasteiger charge is -2.18. The average Bonchev–Trinajstić information content (AvgIpc) is 2.70. The Balaban J connectivity index is 2.62. The lowest BCUT2D eigenvalue weighted by atomic mass is 9.93. The second-order valence-corrected chi connectivity index (χ2v) is 4.77. The predicted octanol–water partition coefficient (Wildman–Crippen LogP) is 2.40. The van der Waals surface area contributed by atoms with Crippen molar-refractivity contribution in [2.24, 2.45) is 11.8 Å². The van der Waals surface area contributed by atoms with Crippen molar-refractivity contribution in [1.82, 2.24) is 10.5 Å². The number of rotatable bonds is 6. The van der Waals surface area contributed by atoms with Crippen LogP contribution in [0.1, 0.15) is 43.2 Å². The fraction of sp³-hybridized carbons (Fsp3) is 0.692. The molecule has 0 saturated carbocycles. The zero-order valence-corrected chi connectivity index (χ0v) is 11.7. The number of hydrogen-bond acceptors (Lipinski definition) is 4. The second kappa shape index (κ2) is 6.42. The molecule has 0 aliphatic heterocycles. The molecule has 1 N–H and O–H groups in total. The van der Waals surface area contributed by atoms with Crippen molar-refractivity contribution in [1.29, 1.82) is 0 Å². The maximum atomic E-state index is 11.9. The lowest BCUT2D eigenvalue weighted by molar-refractivity contribution is 0.0933. The molecule has 1 aromatic rings. The van der Waals surface area contributed by atoms with Gasteiger partial charge in [0.25, 0.3) is 5.91 Å². The first-order valence-corrected chi connectivity index (χ1v) is 6.29. The van der Waals surface area contributed by atoms with Gasteiger partial charge < -0.3 is 14.6 Å². The standard InChI is InChI=1S/C13H22N2O3/c1-6-10(8(2)3)7-14-12(16)11-9(4)13(17-5)18-15-11/h8,10H,6-7H2,1-5H3,(H,14,16). The summed E-state index contributed by atoms with van der Waals surface area (Å²) in [6.45, 7) is 8.85. The van der Waals surface area contributed by atoms with E-state index in [1.54, 1.807) is 6.92 Å². The number of nitrogens with zero attached hydrogens (tertiary/aromatic N) is 1. The molecule has 1 unspecified atom stereocenters. The Bertz CT molecular complexity index is 399. The van der Waals surface area contributed by atoms with Crippen LogP contribution in [0.15, 0.2) is 4.52 Å². The topological polar surface area (TPSA) is 64.4 Å². The summed E-state index contributed by atoms with van der Waals surface area (Å²) in [5.74, 6) is 1.10. The highest BCUT2D eigenvalue weighted by molar-refractivity contribution is 5.93. The van der Waals surface area contributed by atoms with Crippen molar-refractivity contribution < 1.29 is 14.1 Å². The Morgan fingerprint density at radius 3 is 2.61 bits per heavy atom. The number of amides is 1. The smallest absolute Gasteiger partial charge is 0.314 e. The van der Waals surface area contributed by atoms with Crippen LogP contribution in [-0.4, -0.2) is 24.7 Å². The largest absolute Gasteiger partial charge is 0.467 e. The lowest BCUT2D eigenvalue weighted by Crippen LogP contribution is -2.31. The van der Waals surface area contributed by atoms with Crippen LogP contribution in [-0.2, 0) is 0 Å². The van der Waals surface area contributed by atoms with E-state index in [1.807, 2.05) is 0 Å². The van der Waals surface area contributed by atoms with Crippen molar-refractivity contribution in [2.45, 2.75) is 34.1 Å². The Morgan fingerprint density at radius 1 is 1.50 bits per heavy atom. The highest BCUT2D eigenvalue weighted by Gasteiger charge is 2.20. The molecular formula is C13H22N2O3. The molecule has 0 aliphatic rings. The van der Waals surface area contributed by atoms with Crippen molar-refractivity contribution in [3.8, 4) is 5.95 Å². The van der Waals surface area contributed by atoms with E-state index in [1.165, 1.54) is 7.11 Å². The minimum atomic E-state index is -0.210. The number of nitrogens with one attached hydrogen (secondary N) is 1. The van der Waals surface area contributed by atoms with Crippen LogP contribution >= 0.6 is 0 Å². The first kappa shape index (κ1) is 14.5. The minimum absolute atomic E-state index is 0.210. The number of carbonyl (C=O) groups is 1. The van der Waals surface area contributed by atoms with Crippen molar-refractivity contribution >= 4 is 5.91 Å². The summed E-state index contributed by atoms with van der Waals surface area (Å²) in [6, 6.07) is 0. The van der Waals surface area contributed by atoms with Gasteiger partial charge in [0, 0.05) is 6.54 Å². The summed E-state index contributed by atoms with van der Waals surface area (Å²) in [7, 11) is 1.49. The summed E-state index contributed by atoms with van der Waals surface area (Å²) in [6.07, 6.45) is 1.04. The SMILES string of the molecule is CCC(CNC(=O)c1noc(OC)c1C)C(C)C. The van der Waals surface area contributed by atoms with Gasteiger partial charge in [0.2, 0.25) is 0 Å². The van der Waals surface area contributed by atoms with E-state index in [0.717, 1.165) is 6.42 Å². The molecule has 1 heterocycles. The fourth-order valence-electron chi connectivity index (χ4n) is 1.88. The molecule has 102 valence electrons. The molecule has 5 nitrogen and oxygen atoms in total. The second-order valence-electron chi connectivity index (χ2n) is 4.77. The molecule has 5 heteroatoms. The Morgan fingerprint density at radius 2 is 2.17 bits per heavy atom. The fourth-order valence-corrected chi connectivity index (χ4v) is 1.88. The Hall–Kier alpha value is -1.52. The van der Waals surface area contributed by atoms with E-state index in [0.29, 0.717) is 29.6 Å². The van der Waals surface area contributed by atoms with E-state index < -0.39 is 0 Å². The van der Waals surface area contributed by atoms with Crippen LogP contribution in [0.4, 0.5) is 0 Å². The third-order valence-corrected chi connectivity index (χ3v) is 3.27. The van der Waals surface area contributed by atoms with Crippen molar-refractivity contribution in [3.63, 3.8) is 0 Å². The highest BCUT2D eigenvalue weighted by Crippen LogP contribution is 2.20. The first-order chi connectivity index (χ1) is 8.51. The summed E-state index contributed by atoms with van der Waals surface area (Å²) in [4.78, 5) is 11.9. The van der Waals surface area contributed by atoms with Gasteiger partial charge in [-0.05, 0) is 18.8 Å². The third kappa shape index (κ3) is 3.24. The molecule has 18 heavy (non-hydrogen) atoms. The molecule has 0 bridgehead atoms. The van der Waals surface area contributed by atoms with Gasteiger partial charge in [-0.25, -0.2) is 0 Å². The van der Waals surface area contributed by atoms with E-state index in [2.05, 4.69) is 31.2 Å².